The van der Waals surface area contributed by atoms with Crippen molar-refractivity contribution in [2.75, 3.05) is 6.54 Å². The maximum absolute atomic E-state index is 12.4. The van der Waals surface area contributed by atoms with Gasteiger partial charge >= 0.3 is 0 Å². The van der Waals surface area contributed by atoms with Crippen molar-refractivity contribution in [3.8, 4) is 0 Å². The third-order valence-electron chi connectivity index (χ3n) is 4.08. The first-order valence-electron chi connectivity index (χ1n) is 6.87. The number of likely N-dealkylation sites (N-methyl/N-ethyl adjacent to an activating group) is 1. The molecule has 0 bridgehead atoms. The summed E-state index contributed by atoms with van der Waals surface area (Å²) < 4.78 is 0. The van der Waals surface area contributed by atoms with Gasteiger partial charge in [0.15, 0.2) is 0 Å². The van der Waals surface area contributed by atoms with Gasteiger partial charge in [0.1, 0.15) is 6.04 Å². The largest absolute Gasteiger partial charge is 0.321 e. The molecule has 3 amide bonds. The third-order valence-corrected chi connectivity index (χ3v) is 4.08. The Balaban J connectivity index is 1.95. The van der Waals surface area contributed by atoms with Crippen LogP contribution in [0.15, 0.2) is 18.2 Å². The van der Waals surface area contributed by atoms with Gasteiger partial charge < -0.3 is 4.90 Å². The van der Waals surface area contributed by atoms with E-state index in [1.807, 2.05) is 0 Å². The van der Waals surface area contributed by atoms with E-state index in [1.165, 1.54) is 23.1 Å². The second-order valence-corrected chi connectivity index (χ2v) is 5.19. The molecule has 1 aromatic rings. The van der Waals surface area contributed by atoms with Gasteiger partial charge in [-0.2, -0.15) is 0 Å². The zero-order chi connectivity index (χ0) is 16.0. The van der Waals surface area contributed by atoms with Gasteiger partial charge in [-0.05, 0) is 13.0 Å². The van der Waals surface area contributed by atoms with E-state index in [-0.39, 0.29) is 36.7 Å². The summed E-state index contributed by atoms with van der Waals surface area (Å²) in [5.41, 5.74) is 0.384. The molecule has 2 aliphatic heterocycles. The molecule has 1 unspecified atom stereocenters. The monoisotopic (exact) mass is 303 g/mol. The standard InChI is InChI=1S/C14H13N3O5/c1-2-15-12(18)6-11(14(15)20)16-7-9-8(13(16)19)4-3-5-10(9)17(21)22/h3-5,11H,2,6-7H2,1H3. The predicted molar refractivity (Wildman–Crippen MR) is 73.8 cm³/mol. The lowest BCUT2D eigenvalue weighted by Gasteiger charge is -2.21. The lowest BCUT2D eigenvalue weighted by Crippen LogP contribution is -2.42. The molecule has 0 radical (unpaired) electrons. The van der Waals surface area contributed by atoms with Crippen LogP contribution in [0.1, 0.15) is 29.3 Å². The molecule has 1 saturated heterocycles. The molecule has 1 fully saturated rings. The smallest absolute Gasteiger partial charge is 0.275 e. The Kier molecular flexibility index (Phi) is 3.16. The Bertz CT molecular complexity index is 714. The second-order valence-electron chi connectivity index (χ2n) is 5.19. The molecule has 3 rings (SSSR count). The number of rotatable bonds is 3. The highest BCUT2D eigenvalue weighted by Gasteiger charge is 2.46. The van der Waals surface area contributed by atoms with E-state index >= 15 is 0 Å². The number of benzene rings is 1. The number of carbonyl (C=O) groups excluding carboxylic acids is 3. The Hall–Kier alpha value is -2.77. The van der Waals surface area contributed by atoms with Crippen molar-refractivity contribution in [2.45, 2.75) is 25.9 Å². The first-order chi connectivity index (χ1) is 10.5. The minimum atomic E-state index is -0.869. The summed E-state index contributed by atoms with van der Waals surface area (Å²) in [5.74, 6) is -1.19. The van der Waals surface area contributed by atoms with Crippen molar-refractivity contribution in [1.29, 1.82) is 0 Å². The zero-order valence-corrected chi connectivity index (χ0v) is 11.8. The Labute approximate surface area is 125 Å². The number of imide groups is 1. The average molecular weight is 303 g/mol. The van der Waals surface area contributed by atoms with Gasteiger partial charge in [0.05, 0.1) is 29.0 Å². The number of nitro benzene ring substituents is 1. The van der Waals surface area contributed by atoms with Crippen molar-refractivity contribution in [1.82, 2.24) is 9.80 Å². The van der Waals surface area contributed by atoms with Crippen LogP contribution in [-0.2, 0) is 16.1 Å². The number of nitro groups is 1. The van der Waals surface area contributed by atoms with Crippen LogP contribution in [0.4, 0.5) is 5.69 Å². The Morgan fingerprint density at radius 2 is 2.05 bits per heavy atom. The summed E-state index contributed by atoms with van der Waals surface area (Å²) in [6.07, 6.45) is -0.0692. The Morgan fingerprint density at radius 1 is 1.32 bits per heavy atom. The molecule has 8 nitrogen and oxygen atoms in total. The minimum Gasteiger partial charge on any atom is -0.321 e. The quantitative estimate of drug-likeness (QED) is 0.465. The van der Waals surface area contributed by atoms with E-state index in [0.717, 1.165) is 4.90 Å². The number of hydrogen-bond acceptors (Lipinski definition) is 5. The van der Waals surface area contributed by atoms with Crippen molar-refractivity contribution in [3.63, 3.8) is 0 Å². The Morgan fingerprint density at radius 3 is 2.64 bits per heavy atom. The van der Waals surface area contributed by atoms with Crippen LogP contribution >= 0.6 is 0 Å². The average Bonchev–Trinajstić information content (AvgIpc) is 2.96. The van der Waals surface area contributed by atoms with E-state index in [2.05, 4.69) is 0 Å². The van der Waals surface area contributed by atoms with Gasteiger partial charge in [-0.3, -0.25) is 29.4 Å². The fraction of sp³-hybridized carbons (Fsp3) is 0.357. The summed E-state index contributed by atoms with van der Waals surface area (Å²) in [7, 11) is 0. The predicted octanol–water partition coefficient (Wildman–Crippen LogP) is 0.698. The minimum absolute atomic E-state index is 0.0213. The number of nitrogens with zero attached hydrogens (tertiary/aromatic N) is 3. The van der Waals surface area contributed by atoms with Crippen LogP contribution in [0.2, 0.25) is 0 Å². The normalized spacial score (nSPS) is 20.8. The fourth-order valence-electron chi connectivity index (χ4n) is 3.00. The van der Waals surface area contributed by atoms with Crippen LogP contribution in [0.3, 0.4) is 0 Å². The summed E-state index contributed by atoms with van der Waals surface area (Å²) in [5, 5.41) is 11.1. The van der Waals surface area contributed by atoms with Crippen LogP contribution < -0.4 is 0 Å². The van der Waals surface area contributed by atoms with E-state index in [4.69, 9.17) is 0 Å². The van der Waals surface area contributed by atoms with Gasteiger partial charge in [-0.15, -0.1) is 0 Å². The summed E-state index contributed by atoms with van der Waals surface area (Å²) >= 11 is 0. The van der Waals surface area contributed by atoms with E-state index in [1.54, 1.807) is 6.92 Å². The van der Waals surface area contributed by atoms with Crippen molar-refractivity contribution in [3.05, 3.63) is 39.4 Å². The molecule has 1 aromatic carbocycles. The lowest BCUT2D eigenvalue weighted by atomic mass is 10.1. The second kappa shape index (κ2) is 4.90. The number of fused-ring (bicyclic) bond motifs is 1. The third kappa shape index (κ3) is 1.87. The highest BCUT2D eigenvalue weighted by Crippen LogP contribution is 2.34. The van der Waals surface area contributed by atoms with Crippen molar-refractivity contribution < 1.29 is 19.3 Å². The molecule has 1 atom stereocenters. The topological polar surface area (TPSA) is 101 Å². The van der Waals surface area contributed by atoms with Crippen LogP contribution in [-0.4, -0.2) is 45.0 Å². The molecule has 0 aliphatic carbocycles. The molecule has 0 spiro atoms. The lowest BCUT2D eigenvalue weighted by molar-refractivity contribution is -0.385. The molecule has 114 valence electrons. The number of carbonyl (C=O) groups is 3. The SMILES string of the molecule is CCN1C(=O)CC(N2Cc3c(cccc3[N+](=O)[O-])C2=O)C1=O. The van der Waals surface area contributed by atoms with E-state index in [0.29, 0.717) is 5.56 Å². The van der Waals surface area contributed by atoms with Gasteiger partial charge in [0, 0.05) is 12.6 Å². The maximum atomic E-state index is 12.4. The summed E-state index contributed by atoms with van der Waals surface area (Å²) in [6, 6.07) is 3.41. The molecule has 2 aliphatic rings. The van der Waals surface area contributed by atoms with Gasteiger partial charge in [0.2, 0.25) is 5.91 Å². The van der Waals surface area contributed by atoms with Crippen LogP contribution in [0.25, 0.3) is 0 Å². The van der Waals surface area contributed by atoms with Crippen molar-refractivity contribution in [2.24, 2.45) is 0 Å². The highest BCUT2D eigenvalue weighted by molar-refractivity contribution is 6.09. The van der Waals surface area contributed by atoms with Crippen LogP contribution in [0, 0.1) is 10.1 Å². The van der Waals surface area contributed by atoms with E-state index in [9.17, 15) is 24.5 Å². The summed E-state index contributed by atoms with van der Waals surface area (Å²) in [4.78, 5) is 49.3. The highest BCUT2D eigenvalue weighted by atomic mass is 16.6. The summed E-state index contributed by atoms with van der Waals surface area (Å²) in [6.45, 7) is 1.92. The van der Waals surface area contributed by atoms with Crippen LogP contribution in [0.5, 0.6) is 0 Å². The fourth-order valence-corrected chi connectivity index (χ4v) is 3.00. The molecule has 8 heteroatoms. The van der Waals surface area contributed by atoms with E-state index < -0.39 is 22.8 Å². The first kappa shape index (κ1) is 14.2. The maximum Gasteiger partial charge on any atom is 0.275 e. The number of amides is 3. The van der Waals surface area contributed by atoms with Gasteiger partial charge in [0.25, 0.3) is 17.5 Å². The molecular weight excluding hydrogens is 290 g/mol. The molecule has 0 N–H and O–H groups in total. The molecule has 22 heavy (non-hydrogen) atoms. The number of hydrogen-bond donors (Lipinski definition) is 0. The zero-order valence-electron chi connectivity index (χ0n) is 11.8. The molecule has 0 saturated carbocycles. The molecular formula is C14H13N3O5. The van der Waals surface area contributed by atoms with Gasteiger partial charge in [-0.1, -0.05) is 6.07 Å². The molecule has 0 aromatic heterocycles. The molecule has 2 heterocycles. The first-order valence-corrected chi connectivity index (χ1v) is 6.87. The number of likely N-dealkylation sites (tertiary alicyclic amines) is 1. The van der Waals surface area contributed by atoms with Gasteiger partial charge in [-0.25, -0.2) is 0 Å². The van der Waals surface area contributed by atoms with Crippen molar-refractivity contribution >= 4 is 23.4 Å².